The number of rotatable bonds is 4. The molecule has 0 bridgehead atoms. The van der Waals surface area contributed by atoms with Gasteiger partial charge in [-0.05, 0) is 12.5 Å². The summed E-state index contributed by atoms with van der Waals surface area (Å²) >= 11 is 0. The number of methoxy groups -OCH3 is 1. The van der Waals surface area contributed by atoms with Crippen LogP contribution >= 0.6 is 0 Å². The van der Waals surface area contributed by atoms with Gasteiger partial charge in [-0.1, -0.05) is 6.92 Å². The quantitative estimate of drug-likeness (QED) is 0.767. The summed E-state index contributed by atoms with van der Waals surface area (Å²) in [5.74, 6) is 0. The molecule has 0 fully saturated rings. The molecule has 18 heavy (non-hydrogen) atoms. The Morgan fingerprint density at radius 1 is 1.44 bits per heavy atom. The van der Waals surface area contributed by atoms with Crippen molar-refractivity contribution < 1.29 is 4.74 Å². The van der Waals surface area contributed by atoms with Crippen LogP contribution in [0.4, 0.5) is 0 Å². The first-order valence-electron chi connectivity index (χ1n) is 6.12. The van der Waals surface area contributed by atoms with Crippen LogP contribution in [-0.4, -0.2) is 33.2 Å². The van der Waals surface area contributed by atoms with E-state index in [2.05, 4.69) is 26.4 Å². The van der Waals surface area contributed by atoms with Crippen LogP contribution in [0.3, 0.4) is 0 Å². The Hall–Kier alpha value is -1.88. The molecule has 0 spiro atoms. The number of pyridine rings is 1. The van der Waals surface area contributed by atoms with Crippen LogP contribution in [0.1, 0.15) is 19.4 Å². The summed E-state index contributed by atoms with van der Waals surface area (Å²) in [6.45, 7) is 2.85. The molecule has 0 saturated heterocycles. The Bertz CT molecular complexity index is 670. The van der Waals surface area contributed by atoms with E-state index in [1.165, 1.54) is 0 Å². The van der Waals surface area contributed by atoms with Gasteiger partial charge >= 0.3 is 0 Å². The third-order valence-electron chi connectivity index (χ3n) is 3.34. The van der Waals surface area contributed by atoms with Gasteiger partial charge in [-0.3, -0.25) is 0 Å². The topological polar surface area (TPSA) is 55.7 Å². The molecule has 3 aromatic heterocycles. The zero-order chi connectivity index (χ0) is 12.5. The summed E-state index contributed by atoms with van der Waals surface area (Å²) in [6.07, 6.45) is 6.61. The Morgan fingerprint density at radius 3 is 3.11 bits per heavy atom. The van der Waals surface area contributed by atoms with Crippen molar-refractivity contribution >= 4 is 22.1 Å². The molecule has 0 aromatic carbocycles. The van der Waals surface area contributed by atoms with Gasteiger partial charge < -0.3 is 14.3 Å². The molecule has 0 amide bonds. The zero-order valence-corrected chi connectivity index (χ0v) is 10.6. The number of hydrogen-bond donors (Lipinski definition) is 1. The molecule has 0 saturated carbocycles. The highest BCUT2D eigenvalue weighted by molar-refractivity contribution is 6.00. The average Bonchev–Trinajstić information content (AvgIpc) is 3.00. The van der Waals surface area contributed by atoms with Gasteiger partial charge in [-0.2, -0.15) is 0 Å². The van der Waals surface area contributed by atoms with Crippen LogP contribution in [0.5, 0.6) is 0 Å². The van der Waals surface area contributed by atoms with E-state index in [1.54, 1.807) is 7.11 Å². The maximum atomic E-state index is 5.29. The Morgan fingerprint density at radius 2 is 2.33 bits per heavy atom. The smallest absolute Gasteiger partial charge is 0.139 e. The van der Waals surface area contributed by atoms with E-state index in [4.69, 9.17) is 4.74 Å². The molecule has 0 aliphatic rings. The molecule has 3 aromatic rings. The normalized spacial score (nSPS) is 13.4. The minimum Gasteiger partial charge on any atom is -0.383 e. The number of aromatic nitrogens is 4. The van der Waals surface area contributed by atoms with E-state index >= 15 is 0 Å². The van der Waals surface area contributed by atoms with Crippen molar-refractivity contribution in [3.05, 3.63) is 24.8 Å². The molecular weight excluding hydrogens is 228 g/mol. The van der Waals surface area contributed by atoms with Crippen LogP contribution < -0.4 is 0 Å². The van der Waals surface area contributed by atoms with Crippen molar-refractivity contribution in [1.29, 1.82) is 0 Å². The lowest BCUT2D eigenvalue weighted by atomic mass is 10.2. The van der Waals surface area contributed by atoms with Crippen molar-refractivity contribution in [3.63, 3.8) is 0 Å². The Kier molecular flexibility index (Phi) is 2.76. The summed E-state index contributed by atoms with van der Waals surface area (Å²) in [4.78, 5) is 11.9. The summed E-state index contributed by atoms with van der Waals surface area (Å²) in [6, 6.07) is 2.35. The highest BCUT2D eigenvalue weighted by Crippen LogP contribution is 2.26. The van der Waals surface area contributed by atoms with Gasteiger partial charge in [0.1, 0.15) is 11.2 Å². The predicted octanol–water partition coefficient (Wildman–Crippen LogP) is 2.51. The molecule has 3 heterocycles. The molecular formula is C13H16N4O. The second kappa shape index (κ2) is 4.42. The molecule has 94 valence electrons. The van der Waals surface area contributed by atoms with Gasteiger partial charge in [0.2, 0.25) is 0 Å². The number of fused-ring (bicyclic) bond motifs is 3. The molecule has 5 heteroatoms. The van der Waals surface area contributed by atoms with Crippen molar-refractivity contribution in [2.45, 2.75) is 19.4 Å². The van der Waals surface area contributed by atoms with E-state index in [0.29, 0.717) is 12.6 Å². The lowest BCUT2D eigenvalue weighted by molar-refractivity contribution is 0.155. The maximum absolute atomic E-state index is 5.29. The van der Waals surface area contributed by atoms with Crippen LogP contribution in [-0.2, 0) is 4.74 Å². The Labute approximate surface area is 105 Å². The van der Waals surface area contributed by atoms with E-state index in [9.17, 15) is 0 Å². The number of nitrogens with one attached hydrogen (secondary N) is 1. The first kappa shape index (κ1) is 11.2. The van der Waals surface area contributed by atoms with Crippen LogP contribution in [0.2, 0.25) is 0 Å². The minimum atomic E-state index is 0.306. The number of H-pyrrole nitrogens is 1. The number of aromatic amines is 1. The molecule has 1 atom stereocenters. The van der Waals surface area contributed by atoms with Crippen molar-refractivity contribution in [1.82, 2.24) is 19.5 Å². The van der Waals surface area contributed by atoms with Gasteiger partial charge in [-0.15, -0.1) is 0 Å². The third-order valence-corrected chi connectivity index (χ3v) is 3.34. The molecule has 0 aliphatic heterocycles. The van der Waals surface area contributed by atoms with Gasteiger partial charge in [0, 0.05) is 18.7 Å². The van der Waals surface area contributed by atoms with Crippen molar-refractivity contribution in [3.8, 4) is 0 Å². The number of ether oxygens (including phenoxy) is 1. The summed E-state index contributed by atoms with van der Waals surface area (Å²) < 4.78 is 7.48. The fourth-order valence-electron chi connectivity index (χ4n) is 2.40. The van der Waals surface area contributed by atoms with Crippen LogP contribution in [0.25, 0.3) is 22.1 Å². The van der Waals surface area contributed by atoms with Gasteiger partial charge in [0.05, 0.1) is 30.7 Å². The van der Waals surface area contributed by atoms with E-state index in [1.807, 2.05) is 24.8 Å². The largest absolute Gasteiger partial charge is 0.383 e. The fraction of sp³-hybridized carbons (Fsp3) is 0.385. The van der Waals surface area contributed by atoms with Gasteiger partial charge in [-0.25, -0.2) is 9.97 Å². The minimum absolute atomic E-state index is 0.306. The zero-order valence-electron chi connectivity index (χ0n) is 10.6. The second-order valence-corrected chi connectivity index (χ2v) is 4.40. The van der Waals surface area contributed by atoms with E-state index in [0.717, 1.165) is 28.5 Å². The molecule has 1 N–H and O–H groups in total. The lowest BCUT2D eigenvalue weighted by Gasteiger charge is -2.16. The first-order valence-corrected chi connectivity index (χ1v) is 6.12. The monoisotopic (exact) mass is 244 g/mol. The average molecular weight is 244 g/mol. The summed E-state index contributed by atoms with van der Waals surface area (Å²) in [5, 5.41) is 1.11. The van der Waals surface area contributed by atoms with Gasteiger partial charge in [0.15, 0.2) is 0 Å². The maximum Gasteiger partial charge on any atom is 0.139 e. The number of nitrogens with zero attached hydrogens (tertiary/aromatic N) is 3. The van der Waals surface area contributed by atoms with E-state index < -0.39 is 0 Å². The SMILES string of the molecule is CCC(COC)n1cnc2cnc3[nH]ccc3c21. The highest BCUT2D eigenvalue weighted by atomic mass is 16.5. The molecule has 5 nitrogen and oxygen atoms in total. The highest BCUT2D eigenvalue weighted by Gasteiger charge is 2.15. The van der Waals surface area contributed by atoms with Crippen molar-refractivity contribution in [2.75, 3.05) is 13.7 Å². The van der Waals surface area contributed by atoms with Crippen LogP contribution in [0.15, 0.2) is 24.8 Å². The van der Waals surface area contributed by atoms with Crippen LogP contribution in [0, 0.1) is 0 Å². The molecule has 1 unspecified atom stereocenters. The fourth-order valence-corrected chi connectivity index (χ4v) is 2.40. The molecule has 0 aliphatic carbocycles. The van der Waals surface area contributed by atoms with E-state index in [-0.39, 0.29) is 0 Å². The molecule has 0 radical (unpaired) electrons. The Balaban J connectivity index is 2.25. The summed E-state index contributed by atoms with van der Waals surface area (Å²) in [7, 11) is 1.73. The van der Waals surface area contributed by atoms with Crippen molar-refractivity contribution in [2.24, 2.45) is 0 Å². The second-order valence-electron chi connectivity index (χ2n) is 4.40. The lowest BCUT2D eigenvalue weighted by Crippen LogP contribution is -2.12. The predicted molar refractivity (Wildman–Crippen MR) is 70.6 cm³/mol. The standard InChI is InChI=1S/C13H16N4O/c1-3-9(7-18-2)17-8-16-11-6-15-13-10(12(11)17)4-5-14-13/h4-6,8-9H,3,7H2,1-2H3,(H,14,15). The number of hydrogen-bond acceptors (Lipinski definition) is 3. The molecule has 3 rings (SSSR count). The van der Waals surface area contributed by atoms with Gasteiger partial charge in [0.25, 0.3) is 0 Å². The number of imidazole rings is 1. The first-order chi connectivity index (χ1) is 8.85. The third kappa shape index (κ3) is 1.59. The summed E-state index contributed by atoms with van der Waals surface area (Å²) in [5.41, 5.74) is 2.96.